The van der Waals surface area contributed by atoms with Crippen LogP contribution in [0.2, 0.25) is 0 Å². The van der Waals surface area contributed by atoms with Crippen LogP contribution in [0.3, 0.4) is 0 Å². The molecular weight excluding hydrogens is 310 g/mol. The fourth-order valence-electron chi connectivity index (χ4n) is 1.69. The van der Waals surface area contributed by atoms with Crippen LogP contribution in [0.15, 0.2) is 41.8 Å². The zero-order valence-corrected chi connectivity index (χ0v) is 12.9. The quantitative estimate of drug-likeness (QED) is 0.779. The van der Waals surface area contributed by atoms with Crippen LogP contribution in [0.5, 0.6) is 0 Å². The average Bonchev–Trinajstić information content (AvgIpc) is 2.89. The lowest BCUT2D eigenvalue weighted by Crippen LogP contribution is -2.27. The van der Waals surface area contributed by atoms with E-state index in [1.54, 1.807) is 24.3 Å². The number of hydrogen-bond acceptors (Lipinski definition) is 5. The van der Waals surface area contributed by atoms with E-state index in [4.69, 9.17) is 5.73 Å². The topological polar surface area (TPSA) is 101 Å². The number of rotatable bonds is 5. The maximum atomic E-state index is 12.0. The largest absolute Gasteiger partial charge is 0.324 e. The molecule has 1 heterocycles. The zero-order chi connectivity index (χ0) is 15.5. The third kappa shape index (κ3) is 4.55. The summed E-state index contributed by atoms with van der Waals surface area (Å²) in [6, 6.07) is 9.28. The van der Waals surface area contributed by atoms with Gasteiger partial charge in [0.05, 0.1) is 11.9 Å². The van der Waals surface area contributed by atoms with Gasteiger partial charge in [0, 0.05) is 10.6 Å². The molecule has 4 N–H and O–H groups in total. The molecule has 0 spiro atoms. The van der Waals surface area contributed by atoms with Gasteiger partial charge in [0.25, 0.3) is 0 Å². The summed E-state index contributed by atoms with van der Waals surface area (Å²) in [6.07, 6.45) is 1.06. The molecule has 0 saturated carbocycles. The zero-order valence-electron chi connectivity index (χ0n) is 11.2. The van der Waals surface area contributed by atoms with Crippen molar-refractivity contribution >= 4 is 38.6 Å². The Labute approximate surface area is 127 Å². The number of carbonyl (C=O) groups is 1. The second-order valence-corrected chi connectivity index (χ2v) is 7.17. The maximum Gasteiger partial charge on any atom is 0.246 e. The fourth-order valence-corrected chi connectivity index (χ4v) is 2.97. The van der Waals surface area contributed by atoms with Gasteiger partial charge in [-0.05, 0) is 29.6 Å². The van der Waals surface area contributed by atoms with E-state index < -0.39 is 16.1 Å². The minimum absolute atomic E-state index is 0.353. The van der Waals surface area contributed by atoms with Crippen molar-refractivity contribution in [1.29, 1.82) is 0 Å². The summed E-state index contributed by atoms with van der Waals surface area (Å²) in [5.41, 5.74) is 6.71. The lowest BCUT2D eigenvalue weighted by Gasteiger charge is -2.12. The Morgan fingerprint density at radius 1 is 1.24 bits per heavy atom. The second-order valence-electron chi connectivity index (χ2n) is 4.44. The number of nitrogens with one attached hydrogen (secondary N) is 2. The van der Waals surface area contributed by atoms with Crippen molar-refractivity contribution in [3.8, 4) is 0 Å². The smallest absolute Gasteiger partial charge is 0.246 e. The van der Waals surface area contributed by atoms with E-state index in [2.05, 4.69) is 10.0 Å². The lowest BCUT2D eigenvalue weighted by atomic mass is 10.2. The van der Waals surface area contributed by atoms with E-state index in [1.165, 1.54) is 17.4 Å². The van der Waals surface area contributed by atoms with E-state index >= 15 is 0 Å². The summed E-state index contributed by atoms with van der Waals surface area (Å²) < 4.78 is 24.7. The number of amides is 1. The van der Waals surface area contributed by atoms with E-state index in [-0.39, 0.29) is 5.91 Å². The molecule has 0 radical (unpaired) electrons. The molecule has 0 aliphatic rings. The molecule has 0 fully saturated rings. The first-order chi connectivity index (χ1) is 9.85. The van der Waals surface area contributed by atoms with Crippen LogP contribution in [0.1, 0.15) is 10.9 Å². The molecule has 1 aromatic carbocycles. The second kappa shape index (κ2) is 6.25. The van der Waals surface area contributed by atoms with Gasteiger partial charge in [-0.3, -0.25) is 9.52 Å². The molecule has 0 saturated heterocycles. The van der Waals surface area contributed by atoms with Crippen LogP contribution in [-0.2, 0) is 14.8 Å². The Bertz CT molecular complexity index is 727. The molecule has 1 atom stereocenters. The summed E-state index contributed by atoms with van der Waals surface area (Å²) in [4.78, 5) is 12.8. The third-order valence-electron chi connectivity index (χ3n) is 2.57. The van der Waals surface area contributed by atoms with E-state index in [0.717, 1.165) is 11.1 Å². The molecule has 8 heteroatoms. The van der Waals surface area contributed by atoms with Crippen LogP contribution in [0.25, 0.3) is 0 Å². The summed E-state index contributed by atoms with van der Waals surface area (Å²) in [7, 11) is -3.36. The molecule has 0 bridgehead atoms. The van der Waals surface area contributed by atoms with Crippen molar-refractivity contribution in [2.45, 2.75) is 6.04 Å². The summed E-state index contributed by atoms with van der Waals surface area (Å²) in [5, 5.41) is 4.51. The average molecular weight is 325 g/mol. The fraction of sp³-hybridized carbons (Fsp3) is 0.154. The lowest BCUT2D eigenvalue weighted by molar-refractivity contribution is -0.117. The number of carbonyl (C=O) groups excluding carboxylic acids is 1. The van der Waals surface area contributed by atoms with Crippen molar-refractivity contribution in [1.82, 2.24) is 0 Å². The predicted octanol–water partition coefficient (Wildman–Crippen LogP) is 1.76. The normalized spacial score (nSPS) is 12.7. The first-order valence-electron chi connectivity index (χ1n) is 6.03. The van der Waals surface area contributed by atoms with Crippen molar-refractivity contribution < 1.29 is 13.2 Å². The highest BCUT2D eigenvalue weighted by atomic mass is 32.2. The summed E-state index contributed by atoms with van der Waals surface area (Å²) in [5.74, 6) is -0.353. The molecule has 1 unspecified atom stereocenters. The molecule has 1 amide bonds. The first kappa shape index (κ1) is 15.5. The molecule has 0 aliphatic heterocycles. The monoisotopic (exact) mass is 325 g/mol. The number of thiophene rings is 1. The Morgan fingerprint density at radius 3 is 2.57 bits per heavy atom. The number of benzene rings is 1. The van der Waals surface area contributed by atoms with Gasteiger partial charge in [-0.2, -0.15) is 0 Å². The molecular formula is C13H15N3O3S2. The van der Waals surface area contributed by atoms with Gasteiger partial charge >= 0.3 is 0 Å². The minimum Gasteiger partial charge on any atom is -0.324 e. The molecule has 2 aromatic rings. The van der Waals surface area contributed by atoms with E-state index in [9.17, 15) is 13.2 Å². The highest BCUT2D eigenvalue weighted by molar-refractivity contribution is 7.92. The minimum atomic E-state index is -3.36. The number of nitrogens with two attached hydrogens (primary N) is 1. The van der Waals surface area contributed by atoms with E-state index in [1.807, 2.05) is 11.4 Å². The number of hydrogen-bond donors (Lipinski definition) is 3. The Morgan fingerprint density at radius 2 is 1.95 bits per heavy atom. The molecule has 0 aliphatic carbocycles. The summed E-state index contributed by atoms with van der Waals surface area (Å²) in [6.45, 7) is 0. The van der Waals surface area contributed by atoms with Crippen LogP contribution in [0.4, 0.5) is 11.4 Å². The van der Waals surface area contributed by atoms with Gasteiger partial charge in [0.1, 0.15) is 6.04 Å². The van der Waals surface area contributed by atoms with Gasteiger partial charge in [0.15, 0.2) is 0 Å². The first-order valence-corrected chi connectivity index (χ1v) is 8.80. The summed E-state index contributed by atoms with van der Waals surface area (Å²) >= 11 is 1.40. The van der Waals surface area contributed by atoms with Gasteiger partial charge in [-0.15, -0.1) is 11.3 Å². The molecule has 2 rings (SSSR count). The van der Waals surface area contributed by atoms with Gasteiger partial charge in [-0.1, -0.05) is 12.1 Å². The Balaban J connectivity index is 2.09. The van der Waals surface area contributed by atoms with Crippen LogP contribution >= 0.6 is 11.3 Å². The highest BCUT2D eigenvalue weighted by Gasteiger charge is 2.16. The molecule has 6 nitrogen and oxygen atoms in total. The predicted molar refractivity (Wildman–Crippen MR) is 84.8 cm³/mol. The Kier molecular flexibility index (Phi) is 4.61. The van der Waals surface area contributed by atoms with Gasteiger partial charge in [0.2, 0.25) is 15.9 Å². The van der Waals surface area contributed by atoms with Crippen molar-refractivity contribution in [2.75, 3.05) is 16.3 Å². The van der Waals surface area contributed by atoms with Gasteiger partial charge in [-0.25, -0.2) is 8.42 Å². The number of anilines is 2. The van der Waals surface area contributed by atoms with Crippen LogP contribution < -0.4 is 15.8 Å². The van der Waals surface area contributed by atoms with E-state index in [0.29, 0.717) is 11.4 Å². The third-order valence-corrected chi connectivity index (χ3v) is 4.13. The van der Waals surface area contributed by atoms with Crippen molar-refractivity contribution in [2.24, 2.45) is 5.73 Å². The molecule has 112 valence electrons. The standard InChI is InChI=1S/C13H15N3O3S2/c1-21(18,19)16-10-5-2-4-9(8-10)15-13(17)12(14)11-6-3-7-20-11/h2-8,12,16H,14H2,1H3,(H,15,17). The van der Waals surface area contributed by atoms with Gasteiger partial charge < -0.3 is 11.1 Å². The molecule has 1 aromatic heterocycles. The van der Waals surface area contributed by atoms with Crippen LogP contribution in [0, 0.1) is 0 Å². The maximum absolute atomic E-state index is 12.0. The van der Waals surface area contributed by atoms with Crippen molar-refractivity contribution in [3.63, 3.8) is 0 Å². The van der Waals surface area contributed by atoms with Crippen molar-refractivity contribution in [3.05, 3.63) is 46.7 Å². The Hall–Kier alpha value is -1.90. The highest BCUT2D eigenvalue weighted by Crippen LogP contribution is 2.20. The van der Waals surface area contributed by atoms with Crippen LogP contribution in [-0.4, -0.2) is 20.6 Å². The molecule has 21 heavy (non-hydrogen) atoms. The number of sulfonamides is 1. The SMILES string of the molecule is CS(=O)(=O)Nc1cccc(NC(=O)C(N)c2cccs2)c1.